The Kier molecular flexibility index (Phi) is 5.63. The van der Waals surface area contributed by atoms with E-state index in [1.165, 1.54) is 16.7 Å². The van der Waals surface area contributed by atoms with E-state index in [-0.39, 0.29) is 0 Å². The second-order valence-corrected chi connectivity index (χ2v) is 4.35. The van der Waals surface area contributed by atoms with Gasteiger partial charge in [-0.2, -0.15) is 0 Å². The first kappa shape index (κ1) is 13.6. The highest BCUT2D eigenvalue weighted by Gasteiger charge is 2.03. The van der Waals surface area contributed by atoms with Gasteiger partial charge in [0.15, 0.2) is 0 Å². The van der Waals surface area contributed by atoms with Crippen molar-refractivity contribution in [2.45, 2.75) is 46.5 Å². The molecule has 92 valence electrons. The Morgan fingerprint density at radius 2 is 1.76 bits per heavy atom. The zero-order valence-corrected chi connectivity index (χ0v) is 11.4. The van der Waals surface area contributed by atoms with Crippen molar-refractivity contribution in [1.82, 2.24) is 0 Å². The third-order valence-corrected chi connectivity index (χ3v) is 2.87. The van der Waals surface area contributed by atoms with Gasteiger partial charge in [0.05, 0.1) is 7.11 Å². The molecule has 0 aromatic heterocycles. The van der Waals surface area contributed by atoms with Gasteiger partial charge >= 0.3 is 0 Å². The van der Waals surface area contributed by atoms with Crippen LogP contribution in [-0.4, -0.2) is 7.11 Å². The molecule has 0 spiro atoms. The van der Waals surface area contributed by atoms with Crippen LogP contribution in [0.4, 0.5) is 0 Å². The number of hydrogen-bond donors (Lipinski definition) is 0. The van der Waals surface area contributed by atoms with Crippen LogP contribution in [-0.2, 0) is 6.42 Å². The van der Waals surface area contributed by atoms with Crippen LogP contribution >= 0.6 is 0 Å². The fourth-order valence-electron chi connectivity index (χ4n) is 1.84. The van der Waals surface area contributed by atoms with Crippen LogP contribution in [0, 0.1) is 25.7 Å². The summed E-state index contributed by atoms with van der Waals surface area (Å²) >= 11 is 0. The van der Waals surface area contributed by atoms with Gasteiger partial charge < -0.3 is 4.74 Å². The fraction of sp³-hybridized carbons (Fsp3) is 0.500. The highest BCUT2D eigenvalue weighted by molar-refractivity contribution is 5.41. The molecule has 1 heteroatoms. The van der Waals surface area contributed by atoms with Gasteiger partial charge in [-0.05, 0) is 49.4 Å². The lowest BCUT2D eigenvalue weighted by atomic mass is 10.0. The summed E-state index contributed by atoms with van der Waals surface area (Å²) in [6.07, 6.45) is 4.15. The lowest BCUT2D eigenvalue weighted by Gasteiger charge is -2.10. The molecule has 0 amide bonds. The second-order valence-electron chi connectivity index (χ2n) is 4.35. The highest BCUT2D eigenvalue weighted by Crippen LogP contribution is 2.23. The van der Waals surface area contributed by atoms with Gasteiger partial charge in [0, 0.05) is 12.8 Å². The third-order valence-electron chi connectivity index (χ3n) is 2.87. The smallest absolute Gasteiger partial charge is 0.122 e. The Hall–Kier alpha value is -1.42. The van der Waals surface area contributed by atoms with Crippen LogP contribution in [0.2, 0.25) is 0 Å². The normalized spacial score (nSPS) is 9.65. The first-order valence-corrected chi connectivity index (χ1v) is 6.28. The van der Waals surface area contributed by atoms with E-state index in [1.54, 1.807) is 7.11 Å². The maximum absolute atomic E-state index is 5.31. The van der Waals surface area contributed by atoms with Crippen molar-refractivity contribution in [3.05, 3.63) is 28.8 Å². The monoisotopic (exact) mass is 230 g/mol. The molecular formula is C16H22O. The minimum atomic E-state index is 0.951. The summed E-state index contributed by atoms with van der Waals surface area (Å²) in [6, 6.07) is 4.33. The van der Waals surface area contributed by atoms with Crippen LogP contribution in [0.3, 0.4) is 0 Å². The molecule has 0 saturated carbocycles. The van der Waals surface area contributed by atoms with Gasteiger partial charge in [-0.25, -0.2) is 0 Å². The Morgan fingerprint density at radius 3 is 2.41 bits per heavy atom. The van der Waals surface area contributed by atoms with Crippen LogP contribution in [0.15, 0.2) is 12.1 Å². The number of ether oxygens (including phenoxy) is 1. The molecule has 0 aliphatic heterocycles. The zero-order valence-electron chi connectivity index (χ0n) is 11.4. The van der Waals surface area contributed by atoms with Gasteiger partial charge in [-0.15, -0.1) is 11.8 Å². The maximum Gasteiger partial charge on any atom is 0.122 e. The molecule has 0 aliphatic rings. The van der Waals surface area contributed by atoms with E-state index in [9.17, 15) is 0 Å². The first-order chi connectivity index (χ1) is 8.19. The molecule has 0 N–H and O–H groups in total. The van der Waals surface area contributed by atoms with Crippen molar-refractivity contribution in [2.24, 2.45) is 0 Å². The SMILES string of the molecule is CCCC#CCCc1cc(C)c(OC)cc1C. The highest BCUT2D eigenvalue weighted by atomic mass is 16.5. The molecule has 17 heavy (non-hydrogen) atoms. The van der Waals surface area contributed by atoms with E-state index in [1.807, 2.05) is 0 Å². The molecular weight excluding hydrogens is 208 g/mol. The lowest BCUT2D eigenvalue weighted by molar-refractivity contribution is 0.411. The van der Waals surface area contributed by atoms with E-state index in [4.69, 9.17) is 4.74 Å². The van der Waals surface area contributed by atoms with Crippen molar-refractivity contribution in [3.63, 3.8) is 0 Å². The van der Waals surface area contributed by atoms with Crippen LogP contribution < -0.4 is 4.74 Å². The van der Waals surface area contributed by atoms with E-state index in [0.717, 1.165) is 31.4 Å². The van der Waals surface area contributed by atoms with Crippen LogP contribution in [0.1, 0.15) is 42.9 Å². The van der Waals surface area contributed by atoms with Crippen molar-refractivity contribution in [3.8, 4) is 17.6 Å². The average molecular weight is 230 g/mol. The largest absolute Gasteiger partial charge is 0.496 e. The number of aryl methyl sites for hydroxylation is 3. The van der Waals surface area contributed by atoms with Gasteiger partial charge in [0.2, 0.25) is 0 Å². The Morgan fingerprint density at radius 1 is 1.06 bits per heavy atom. The summed E-state index contributed by atoms with van der Waals surface area (Å²) in [5, 5.41) is 0. The minimum Gasteiger partial charge on any atom is -0.496 e. The van der Waals surface area contributed by atoms with Crippen molar-refractivity contribution in [1.29, 1.82) is 0 Å². The van der Waals surface area contributed by atoms with E-state index >= 15 is 0 Å². The fourth-order valence-corrected chi connectivity index (χ4v) is 1.84. The van der Waals surface area contributed by atoms with Crippen molar-refractivity contribution >= 4 is 0 Å². The summed E-state index contributed by atoms with van der Waals surface area (Å²) in [7, 11) is 1.72. The number of unbranched alkanes of at least 4 members (excludes halogenated alkanes) is 1. The number of rotatable bonds is 4. The molecule has 0 fully saturated rings. The predicted octanol–water partition coefficient (Wildman–Crippen LogP) is 4.05. The van der Waals surface area contributed by atoms with Crippen LogP contribution in [0.25, 0.3) is 0 Å². The van der Waals surface area contributed by atoms with Gasteiger partial charge in [-0.3, -0.25) is 0 Å². The van der Waals surface area contributed by atoms with Crippen molar-refractivity contribution < 1.29 is 4.74 Å². The molecule has 0 atom stereocenters. The number of methoxy groups -OCH3 is 1. The summed E-state index contributed by atoms with van der Waals surface area (Å²) in [4.78, 5) is 0. The average Bonchev–Trinajstić information content (AvgIpc) is 2.32. The summed E-state index contributed by atoms with van der Waals surface area (Å²) < 4.78 is 5.31. The number of benzene rings is 1. The quantitative estimate of drug-likeness (QED) is 0.709. The first-order valence-electron chi connectivity index (χ1n) is 6.28. The molecule has 0 radical (unpaired) electrons. The predicted molar refractivity (Wildman–Crippen MR) is 73.5 cm³/mol. The van der Waals surface area contributed by atoms with Gasteiger partial charge in [0.1, 0.15) is 5.75 Å². The third kappa shape index (κ3) is 4.15. The molecule has 0 bridgehead atoms. The minimum absolute atomic E-state index is 0.951. The van der Waals surface area contributed by atoms with Crippen LogP contribution in [0.5, 0.6) is 5.75 Å². The summed E-state index contributed by atoms with van der Waals surface area (Å²) in [5.74, 6) is 7.39. The molecule has 0 aliphatic carbocycles. The van der Waals surface area contributed by atoms with E-state index in [2.05, 4.69) is 44.7 Å². The maximum atomic E-state index is 5.31. The summed E-state index contributed by atoms with van der Waals surface area (Å²) in [6.45, 7) is 6.38. The zero-order chi connectivity index (χ0) is 12.7. The Balaban J connectivity index is 2.66. The Labute approximate surface area is 105 Å². The molecule has 1 aromatic rings. The number of hydrogen-bond acceptors (Lipinski definition) is 1. The second kappa shape index (κ2) is 7.01. The van der Waals surface area contributed by atoms with Gasteiger partial charge in [-0.1, -0.05) is 13.0 Å². The Bertz CT molecular complexity index is 421. The topological polar surface area (TPSA) is 9.23 Å². The lowest BCUT2D eigenvalue weighted by Crippen LogP contribution is -1.94. The van der Waals surface area contributed by atoms with E-state index in [0.29, 0.717) is 0 Å². The molecule has 0 heterocycles. The molecule has 0 unspecified atom stereocenters. The molecule has 1 aromatic carbocycles. The van der Waals surface area contributed by atoms with E-state index < -0.39 is 0 Å². The van der Waals surface area contributed by atoms with Gasteiger partial charge in [0.25, 0.3) is 0 Å². The molecule has 1 nitrogen and oxygen atoms in total. The molecule has 1 rings (SSSR count). The molecule has 0 saturated heterocycles. The standard InChI is InChI=1S/C16H22O/c1-5-6-7-8-9-10-15-11-14(3)16(17-4)12-13(15)2/h11-12H,5-6,9-10H2,1-4H3. The van der Waals surface area contributed by atoms with Crippen molar-refractivity contribution in [2.75, 3.05) is 7.11 Å². The summed E-state index contributed by atoms with van der Waals surface area (Å²) in [5.41, 5.74) is 3.88.